The second-order valence-corrected chi connectivity index (χ2v) is 9.05. The lowest BCUT2D eigenvalue weighted by molar-refractivity contribution is -0.136. The van der Waals surface area contributed by atoms with Crippen molar-refractivity contribution in [1.29, 1.82) is 0 Å². The Kier molecular flexibility index (Phi) is 7.83. The van der Waals surface area contributed by atoms with Crippen LogP contribution in [0.15, 0.2) is 53.7 Å². The molecule has 2 aromatic carbocycles. The van der Waals surface area contributed by atoms with Crippen LogP contribution in [0.2, 0.25) is 5.02 Å². The van der Waals surface area contributed by atoms with Crippen LogP contribution in [0.25, 0.3) is 0 Å². The summed E-state index contributed by atoms with van der Waals surface area (Å²) in [6.07, 6.45) is 0. The van der Waals surface area contributed by atoms with Gasteiger partial charge in [0.1, 0.15) is 5.75 Å². The molecule has 1 unspecified atom stereocenters. The summed E-state index contributed by atoms with van der Waals surface area (Å²) >= 11 is 6.22. The van der Waals surface area contributed by atoms with E-state index in [1.54, 1.807) is 0 Å². The molecule has 8 nitrogen and oxygen atoms in total. The fraction of sp³-hybridized carbons (Fsp3) is 0.385. The first-order chi connectivity index (χ1) is 16.9. The molecule has 0 saturated carbocycles. The molecule has 2 amide bonds. The largest absolute Gasteiger partial charge is 0.494 e. The highest BCUT2D eigenvalue weighted by Crippen LogP contribution is 2.30. The second-order valence-electron chi connectivity index (χ2n) is 8.61. The van der Waals surface area contributed by atoms with Crippen LogP contribution in [0, 0.1) is 6.92 Å². The van der Waals surface area contributed by atoms with E-state index in [1.807, 2.05) is 49.4 Å². The van der Waals surface area contributed by atoms with E-state index in [-0.39, 0.29) is 6.03 Å². The van der Waals surface area contributed by atoms with E-state index in [1.165, 1.54) is 12.7 Å². The molecule has 1 saturated heterocycles. The fourth-order valence-electron chi connectivity index (χ4n) is 4.56. The van der Waals surface area contributed by atoms with Crippen LogP contribution in [0.5, 0.6) is 5.75 Å². The van der Waals surface area contributed by atoms with Crippen molar-refractivity contribution in [3.05, 3.63) is 69.9 Å². The Bertz CT molecular complexity index is 1110. The van der Waals surface area contributed by atoms with Crippen molar-refractivity contribution in [2.24, 2.45) is 0 Å². The molecule has 2 heterocycles. The van der Waals surface area contributed by atoms with E-state index in [2.05, 4.69) is 27.4 Å². The van der Waals surface area contributed by atoms with Gasteiger partial charge in [-0.3, -0.25) is 4.90 Å². The molecule has 2 aliphatic heterocycles. The number of amides is 2. The summed E-state index contributed by atoms with van der Waals surface area (Å²) in [5.41, 5.74) is 4.07. The maximum atomic E-state index is 12.8. The highest BCUT2D eigenvalue weighted by Gasteiger charge is 2.34. The SMILES string of the molecule is CCOc1ccc(C2NC(=O)NC(CN3CCN(c4cc(Cl)ccc4C)CC3)=C2C(=O)OC)cc1. The number of benzene rings is 2. The summed E-state index contributed by atoms with van der Waals surface area (Å²) in [5.74, 6) is 0.257. The van der Waals surface area contributed by atoms with Gasteiger partial charge in [-0.05, 0) is 49.2 Å². The molecular weight excluding hydrogens is 468 g/mol. The summed E-state index contributed by atoms with van der Waals surface area (Å²) in [5, 5.41) is 6.44. The third-order valence-electron chi connectivity index (χ3n) is 6.35. The number of carbonyl (C=O) groups is 2. The van der Waals surface area contributed by atoms with E-state index >= 15 is 0 Å². The number of hydrogen-bond donors (Lipinski definition) is 2. The highest BCUT2D eigenvalue weighted by atomic mass is 35.5. The van der Waals surface area contributed by atoms with Crippen molar-refractivity contribution in [3.8, 4) is 5.75 Å². The number of piperazine rings is 1. The van der Waals surface area contributed by atoms with Crippen LogP contribution in [0.1, 0.15) is 24.1 Å². The molecule has 0 aromatic heterocycles. The van der Waals surface area contributed by atoms with Crippen molar-refractivity contribution in [3.63, 3.8) is 0 Å². The van der Waals surface area contributed by atoms with Crippen molar-refractivity contribution >= 4 is 29.3 Å². The van der Waals surface area contributed by atoms with Crippen LogP contribution >= 0.6 is 11.6 Å². The maximum absolute atomic E-state index is 12.8. The monoisotopic (exact) mass is 498 g/mol. The Hall–Kier alpha value is -3.23. The van der Waals surface area contributed by atoms with Crippen LogP contribution in [-0.4, -0.2) is 63.3 Å². The van der Waals surface area contributed by atoms with Crippen LogP contribution in [0.3, 0.4) is 0 Å². The molecule has 9 heteroatoms. The second kappa shape index (κ2) is 11.0. The van der Waals surface area contributed by atoms with Crippen LogP contribution < -0.4 is 20.3 Å². The average Bonchev–Trinajstić information content (AvgIpc) is 2.86. The third-order valence-corrected chi connectivity index (χ3v) is 6.58. The Morgan fingerprint density at radius 3 is 2.49 bits per heavy atom. The standard InChI is InChI=1S/C26H31ClN4O4/c1-4-35-20-9-6-18(7-10-20)24-23(25(32)34-3)21(28-26(33)29-24)16-30-11-13-31(14-12-30)22-15-19(27)8-5-17(22)2/h5-10,15,24H,4,11-14,16H2,1-3H3,(H2,28,29,33). The van der Waals surface area contributed by atoms with E-state index < -0.39 is 12.0 Å². The minimum Gasteiger partial charge on any atom is -0.494 e. The number of nitrogens with one attached hydrogen (secondary N) is 2. The molecule has 186 valence electrons. The lowest BCUT2D eigenvalue weighted by atomic mass is 9.95. The Morgan fingerprint density at radius 2 is 1.83 bits per heavy atom. The van der Waals surface area contributed by atoms with E-state index in [4.69, 9.17) is 21.1 Å². The molecule has 2 N–H and O–H groups in total. The highest BCUT2D eigenvalue weighted by molar-refractivity contribution is 6.30. The van der Waals surface area contributed by atoms with E-state index in [0.29, 0.717) is 24.4 Å². The minimum absolute atomic E-state index is 0.347. The number of methoxy groups -OCH3 is 1. The number of rotatable bonds is 7. The van der Waals surface area contributed by atoms with Gasteiger partial charge in [-0.2, -0.15) is 0 Å². The molecule has 0 spiro atoms. The van der Waals surface area contributed by atoms with Crippen molar-refractivity contribution < 1.29 is 19.1 Å². The molecule has 4 rings (SSSR count). The Balaban J connectivity index is 1.54. The molecule has 1 atom stereocenters. The first-order valence-electron chi connectivity index (χ1n) is 11.7. The molecule has 1 fully saturated rings. The summed E-state index contributed by atoms with van der Waals surface area (Å²) < 4.78 is 10.6. The van der Waals surface area contributed by atoms with Gasteiger partial charge < -0.3 is 25.0 Å². The average molecular weight is 499 g/mol. The lowest BCUT2D eigenvalue weighted by Gasteiger charge is -2.38. The van der Waals surface area contributed by atoms with Gasteiger partial charge in [0.15, 0.2) is 0 Å². The lowest BCUT2D eigenvalue weighted by Crippen LogP contribution is -2.51. The van der Waals surface area contributed by atoms with E-state index in [0.717, 1.165) is 48.2 Å². The fourth-order valence-corrected chi connectivity index (χ4v) is 4.73. The molecule has 35 heavy (non-hydrogen) atoms. The van der Waals surface area contributed by atoms with Gasteiger partial charge in [-0.15, -0.1) is 0 Å². The zero-order chi connectivity index (χ0) is 24.9. The number of urea groups is 1. The number of carbonyl (C=O) groups excluding carboxylic acids is 2. The van der Waals surface area contributed by atoms with Gasteiger partial charge in [0.05, 0.1) is 25.3 Å². The van der Waals surface area contributed by atoms with Crippen molar-refractivity contribution in [1.82, 2.24) is 15.5 Å². The smallest absolute Gasteiger partial charge is 0.338 e. The molecule has 0 aliphatic carbocycles. The molecule has 0 bridgehead atoms. The van der Waals surface area contributed by atoms with Gasteiger partial charge in [-0.1, -0.05) is 29.8 Å². The quantitative estimate of drug-likeness (QED) is 0.567. The zero-order valence-corrected chi connectivity index (χ0v) is 21.0. The number of ether oxygens (including phenoxy) is 2. The van der Waals surface area contributed by atoms with Crippen LogP contribution in [-0.2, 0) is 9.53 Å². The van der Waals surface area contributed by atoms with Crippen LogP contribution in [0.4, 0.5) is 10.5 Å². The van der Waals surface area contributed by atoms with Gasteiger partial charge in [0.2, 0.25) is 0 Å². The third kappa shape index (κ3) is 5.71. The number of hydrogen-bond acceptors (Lipinski definition) is 6. The van der Waals surface area contributed by atoms with Gasteiger partial charge in [-0.25, -0.2) is 9.59 Å². The number of aryl methyl sites for hydroxylation is 1. The first-order valence-corrected chi connectivity index (χ1v) is 12.1. The number of nitrogens with zero attached hydrogens (tertiary/aromatic N) is 2. The van der Waals surface area contributed by atoms with Gasteiger partial charge >= 0.3 is 12.0 Å². The summed E-state index contributed by atoms with van der Waals surface area (Å²) in [7, 11) is 1.35. The molecule has 2 aromatic rings. The molecule has 0 radical (unpaired) electrons. The molecular formula is C26H31ClN4O4. The Labute approximate surface area is 210 Å². The number of esters is 1. The normalized spacial score (nSPS) is 18.7. The predicted molar refractivity (Wildman–Crippen MR) is 136 cm³/mol. The summed E-state index contributed by atoms with van der Waals surface area (Å²) in [6, 6.07) is 12.3. The maximum Gasteiger partial charge on any atom is 0.338 e. The summed E-state index contributed by atoms with van der Waals surface area (Å²) in [6.45, 7) is 8.19. The number of anilines is 1. The predicted octanol–water partition coefficient (Wildman–Crippen LogP) is 3.65. The zero-order valence-electron chi connectivity index (χ0n) is 20.3. The Morgan fingerprint density at radius 1 is 1.11 bits per heavy atom. The topological polar surface area (TPSA) is 83.1 Å². The van der Waals surface area contributed by atoms with Crippen molar-refractivity contribution in [2.45, 2.75) is 19.9 Å². The summed E-state index contributed by atoms with van der Waals surface area (Å²) in [4.78, 5) is 30.0. The van der Waals surface area contributed by atoms with Gasteiger partial charge in [0, 0.05) is 49.1 Å². The minimum atomic E-state index is -0.614. The number of halogens is 1. The van der Waals surface area contributed by atoms with E-state index in [9.17, 15) is 9.59 Å². The van der Waals surface area contributed by atoms with Gasteiger partial charge in [0.25, 0.3) is 0 Å². The molecule has 2 aliphatic rings. The van der Waals surface area contributed by atoms with Crippen molar-refractivity contribution in [2.75, 3.05) is 51.3 Å². The first kappa shape index (κ1) is 24.9.